The van der Waals surface area contributed by atoms with Crippen molar-refractivity contribution in [3.63, 3.8) is 0 Å². The molecule has 0 atom stereocenters. The average Bonchev–Trinajstić information content (AvgIpc) is 2.52. The van der Waals surface area contributed by atoms with Crippen LogP contribution in [0, 0.1) is 6.92 Å². The van der Waals surface area contributed by atoms with Gasteiger partial charge in [-0.2, -0.15) is 5.10 Å². The Morgan fingerprint density at radius 2 is 1.94 bits per heavy atom. The predicted molar refractivity (Wildman–Crippen MR) is 64.2 cm³/mol. The topological polar surface area (TPSA) is 104 Å². The number of aliphatic carboxylic acids is 2. The summed E-state index contributed by atoms with van der Waals surface area (Å²) < 4.78 is 1.59. The monoisotopic (exact) mass is 253 g/mol. The fourth-order valence-corrected chi connectivity index (χ4v) is 1.47. The zero-order valence-electron chi connectivity index (χ0n) is 10.2. The molecule has 0 aliphatic heterocycles. The van der Waals surface area contributed by atoms with E-state index in [-0.39, 0.29) is 18.4 Å². The third kappa shape index (κ3) is 4.28. The Hall–Kier alpha value is -2.31. The highest BCUT2D eigenvalue weighted by atomic mass is 16.4. The average molecular weight is 253 g/mol. The van der Waals surface area contributed by atoms with E-state index in [9.17, 15) is 9.59 Å². The molecule has 0 fully saturated rings. The Bertz CT molecular complexity index is 472. The van der Waals surface area contributed by atoms with E-state index in [2.05, 4.69) is 10.4 Å². The first-order valence-electron chi connectivity index (χ1n) is 5.27. The van der Waals surface area contributed by atoms with Crippen LogP contribution in [0.2, 0.25) is 0 Å². The standard InChI is InChI=1S/C11H15N3O4/c1-7-3-9(14(2)13-7)12-6-8(4-10(15)16)5-11(17)18/h3,6,12H,4-5H2,1-2H3,(H,15,16)(H,17,18). The first kappa shape index (κ1) is 13.8. The van der Waals surface area contributed by atoms with Crippen molar-refractivity contribution >= 4 is 17.8 Å². The van der Waals surface area contributed by atoms with Crippen LogP contribution in [0.5, 0.6) is 0 Å². The number of nitrogens with one attached hydrogen (secondary N) is 1. The quantitative estimate of drug-likeness (QED) is 0.697. The molecule has 7 heteroatoms. The molecule has 0 saturated heterocycles. The Kier molecular flexibility index (Phi) is 4.47. The van der Waals surface area contributed by atoms with E-state index in [1.165, 1.54) is 6.20 Å². The zero-order chi connectivity index (χ0) is 13.7. The lowest BCUT2D eigenvalue weighted by atomic mass is 10.1. The Morgan fingerprint density at radius 3 is 2.33 bits per heavy atom. The summed E-state index contributed by atoms with van der Waals surface area (Å²) in [7, 11) is 1.73. The van der Waals surface area contributed by atoms with Crippen LogP contribution in [0.15, 0.2) is 17.8 Å². The summed E-state index contributed by atoms with van der Waals surface area (Å²) in [5.74, 6) is -1.46. The van der Waals surface area contributed by atoms with Crippen LogP contribution >= 0.6 is 0 Å². The van der Waals surface area contributed by atoms with Crippen molar-refractivity contribution in [3.05, 3.63) is 23.5 Å². The largest absolute Gasteiger partial charge is 0.481 e. The molecule has 7 nitrogen and oxygen atoms in total. The van der Waals surface area contributed by atoms with Gasteiger partial charge < -0.3 is 15.5 Å². The Labute approximate surface area is 104 Å². The number of nitrogens with zero attached hydrogens (tertiary/aromatic N) is 2. The van der Waals surface area contributed by atoms with Crippen molar-refractivity contribution in [2.75, 3.05) is 5.32 Å². The van der Waals surface area contributed by atoms with Crippen molar-refractivity contribution in [2.45, 2.75) is 19.8 Å². The van der Waals surface area contributed by atoms with E-state index in [0.717, 1.165) is 5.69 Å². The fourth-order valence-electron chi connectivity index (χ4n) is 1.47. The Morgan fingerprint density at radius 1 is 1.39 bits per heavy atom. The van der Waals surface area contributed by atoms with Gasteiger partial charge in [-0.15, -0.1) is 0 Å². The van der Waals surface area contributed by atoms with Crippen molar-refractivity contribution in [3.8, 4) is 0 Å². The number of hydrogen-bond donors (Lipinski definition) is 3. The van der Waals surface area contributed by atoms with Gasteiger partial charge in [-0.3, -0.25) is 14.3 Å². The third-order valence-electron chi connectivity index (χ3n) is 2.18. The molecule has 0 aromatic carbocycles. The summed E-state index contributed by atoms with van der Waals surface area (Å²) >= 11 is 0. The molecule has 1 heterocycles. The summed E-state index contributed by atoms with van der Waals surface area (Å²) in [6.45, 7) is 1.82. The minimum atomic E-state index is -1.06. The first-order valence-corrected chi connectivity index (χ1v) is 5.27. The number of aromatic nitrogens is 2. The van der Waals surface area contributed by atoms with E-state index in [0.29, 0.717) is 5.82 Å². The third-order valence-corrected chi connectivity index (χ3v) is 2.18. The second-order valence-electron chi connectivity index (χ2n) is 3.88. The Balaban J connectivity index is 2.78. The van der Waals surface area contributed by atoms with Crippen LogP contribution in [0.4, 0.5) is 5.82 Å². The lowest BCUT2D eigenvalue weighted by molar-refractivity contribution is -0.136. The molecule has 0 saturated carbocycles. The van der Waals surface area contributed by atoms with Crippen LogP contribution in [-0.2, 0) is 16.6 Å². The SMILES string of the molecule is Cc1cc(NC=C(CC(=O)O)CC(=O)O)n(C)n1. The van der Waals surface area contributed by atoms with Gasteiger partial charge in [0.15, 0.2) is 0 Å². The first-order chi connectivity index (χ1) is 8.38. The number of carbonyl (C=O) groups is 2. The second-order valence-corrected chi connectivity index (χ2v) is 3.88. The number of carboxylic acid groups (broad SMARTS) is 2. The van der Waals surface area contributed by atoms with E-state index < -0.39 is 11.9 Å². The lowest BCUT2D eigenvalue weighted by Crippen LogP contribution is -2.06. The normalized spacial score (nSPS) is 9.89. The molecule has 0 amide bonds. The molecular weight excluding hydrogens is 238 g/mol. The van der Waals surface area contributed by atoms with Crippen LogP contribution in [0.25, 0.3) is 0 Å². The molecule has 0 aliphatic carbocycles. The minimum Gasteiger partial charge on any atom is -0.481 e. The number of hydrogen-bond acceptors (Lipinski definition) is 4. The van der Waals surface area contributed by atoms with Crippen LogP contribution in [-0.4, -0.2) is 31.9 Å². The molecule has 0 spiro atoms. The van der Waals surface area contributed by atoms with Crippen molar-refractivity contribution in [1.82, 2.24) is 9.78 Å². The van der Waals surface area contributed by atoms with Gasteiger partial charge in [-0.25, -0.2) is 0 Å². The number of anilines is 1. The van der Waals surface area contributed by atoms with E-state index in [1.807, 2.05) is 6.92 Å². The molecule has 1 aromatic heterocycles. The zero-order valence-corrected chi connectivity index (χ0v) is 10.2. The highest BCUT2D eigenvalue weighted by Crippen LogP contribution is 2.11. The molecule has 0 aliphatic rings. The lowest BCUT2D eigenvalue weighted by Gasteiger charge is -2.04. The molecule has 1 rings (SSSR count). The molecule has 0 bridgehead atoms. The summed E-state index contributed by atoms with van der Waals surface area (Å²) in [6, 6.07) is 1.77. The molecule has 18 heavy (non-hydrogen) atoms. The summed E-state index contributed by atoms with van der Waals surface area (Å²) in [4.78, 5) is 21.2. The number of carboxylic acids is 2. The van der Waals surface area contributed by atoms with Gasteiger partial charge in [0.1, 0.15) is 5.82 Å². The van der Waals surface area contributed by atoms with Gasteiger partial charge in [0.2, 0.25) is 0 Å². The van der Waals surface area contributed by atoms with Crippen LogP contribution in [0.1, 0.15) is 18.5 Å². The predicted octanol–water partition coefficient (Wildman–Crippen LogP) is 0.974. The van der Waals surface area contributed by atoms with Gasteiger partial charge >= 0.3 is 11.9 Å². The summed E-state index contributed by atoms with van der Waals surface area (Å²) in [6.07, 6.45) is 0.783. The maximum absolute atomic E-state index is 10.6. The van der Waals surface area contributed by atoms with Gasteiger partial charge in [0.05, 0.1) is 18.5 Å². The molecule has 0 radical (unpaired) electrons. The summed E-state index contributed by atoms with van der Waals surface area (Å²) in [5.41, 5.74) is 1.10. The van der Waals surface area contributed by atoms with Crippen LogP contribution < -0.4 is 5.32 Å². The van der Waals surface area contributed by atoms with E-state index in [1.54, 1.807) is 17.8 Å². The van der Waals surface area contributed by atoms with E-state index >= 15 is 0 Å². The van der Waals surface area contributed by atoms with E-state index in [4.69, 9.17) is 10.2 Å². The molecule has 1 aromatic rings. The smallest absolute Gasteiger partial charge is 0.307 e. The maximum atomic E-state index is 10.6. The molecule has 0 unspecified atom stereocenters. The molecule has 98 valence electrons. The van der Waals surface area contributed by atoms with Gasteiger partial charge in [-0.1, -0.05) is 0 Å². The fraction of sp³-hybridized carbons (Fsp3) is 0.364. The van der Waals surface area contributed by atoms with Crippen LogP contribution in [0.3, 0.4) is 0 Å². The molecule has 3 N–H and O–H groups in total. The van der Waals surface area contributed by atoms with Crippen molar-refractivity contribution in [2.24, 2.45) is 7.05 Å². The van der Waals surface area contributed by atoms with Gasteiger partial charge in [0, 0.05) is 19.3 Å². The molecular formula is C11H15N3O4. The number of rotatable bonds is 6. The van der Waals surface area contributed by atoms with Crippen molar-refractivity contribution in [1.29, 1.82) is 0 Å². The number of aryl methyl sites for hydroxylation is 2. The van der Waals surface area contributed by atoms with Gasteiger partial charge in [0.25, 0.3) is 0 Å². The maximum Gasteiger partial charge on any atom is 0.307 e. The van der Waals surface area contributed by atoms with Gasteiger partial charge in [-0.05, 0) is 12.5 Å². The minimum absolute atomic E-state index is 0.286. The summed E-state index contributed by atoms with van der Waals surface area (Å²) in [5, 5.41) is 24.3. The second kappa shape index (κ2) is 5.85. The highest BCUT2D eigenvalue weighted by molar-refractivity contribution is 5.75. The highest BCUT2D eigenvalue weighted by Gasteiger charge is 2.09. The van der Waals surface area contributed by atoms with Crippen molar-refractivity contribution < 1.29 is 19.8 Å².